The fraction of sp³-hybridized carbons (Fsp3) is 0.750. The molecule has 2 rings (SSSR count). The van der Waals surface area contributed by atoms with Gasteiger partial charge in [-0.25, -0.2) is 0 Å². The molecule has 1 aromatic heterocycles. The minimum Gasteiger partial charge on any atom is -0.415 e. The first-order valence-corrected chi connectivity index (χ1v) is 6.23. The molecule has 0 saturated carbocycles. The molecule has 0 unspecified atom stereocenters. The smallest absolute Gasteiger partial charge is 0.284 e. The average molecular weight is 263 g/mol. The van der Waals surface area contributed by atoms with E-state index in [0.29, 0.717) is 4.80 Å². The molecular weight excluding hydrogens is 252 g/mol. The summed E-state index contributed by atoms with van der Waals surface area (Å²) in [4.78, 5) is 0.488. The molecule has 3 nitrogen and oxygen atoms in total. The Balaban J connectivity index is 2.22. The van der Waals surface area contributed by atoms with E-state index < -0.39 is 0 Å². The van der Waals surface area contributed by atoms with Crippen LogP contribution in [0.5, 0.6) is 0 Å². The van der Waals surface area contributed by atoms with E-state index in [-0.39, 0.29) is 5.41 Å². The molecule has 5 heteroatoms. The summed E-state index contributed by atoms with van der Waals surface area (Å²) in [6.45, 7) is 2.20. The quantitative estimate of drug-likeness (QED) is 0.780. The lowest BCUT2D eigenvalue weighted by Gasteiger charge is -2.29. The van der Waals surface area contributed by atoms with Gasteiger partial charge in [-0.05, 0) is 24.3 Å². The lowest BCUT2D eigenvalue weighted by Crippen LogP contribution is -2.27. The first kappa shape index (κ1) is 9.52. The van der Waals surface area contributed by atoms with Gasteiger partial charge >= 0.3 is 0 Å². The fourth-order valence-corrected chi connectivity index (χ4v) is 3.11. The third-order valence-corrected chi connectivity index (χ3v) is 3.82. The molecule has 13 heavy (non-hydrogen) atoms. The monoisotopic (exact) mass is 262 g/mol. The molecule has 1 fully saturated rings. The second kappa shape index (κ2) is 3.61. The topological polar surface area (TPSA) is 38.9 Å². The van der Waals surface area contributed by atoms with Crippen LogP contribution in [0.1, 0.15) is 25.7 Å². The molecule has 0 bridgehead atoms. The first-order valence-electron chi connectivity index (χ1n) is 4.28. The number of halogens is 1. The molecular formula is C8H11BrN2OS. The Hall–Kier alpha value is -0.0300. The Labute approximate surface area is 89.8 Å². The molecule has 1 saturated heterocycles. The lowest BCUT2D eigenvalue weighted by molar-refractivity contribution is 0.318. The molecule has 1 aliphatic heterocycles. The predicted molar refractivity (Wildman–Crippen MR) is 55.9 cm³/mol. The van der Waals surface area contributed by atoms with Gasteiger partial charge in [0, 0.05) is 21.3 Å². The third-order valence-electron chi connectivity index (χ3n) is 2.51. The highest BCUT2D eigenvalue weighted by Crippen LogP contribution is 2.37. The van der Waals surface area contributed by atoms with Crippen molar-refractivity contribution >= 4 is 27.7 Å². The van der Waals surface area contributed by atoms with Crippen molar-refractivity contribution in [3.8, 4) is 0 Å². The van der Waals surface area contributed by atoms with E-state index in [0.717, 1.165) is 18.7 Å². The minimum absolute atomic E-state index is 0.101. The second-order valence-corrected chi connectivity index (χ2v) is 5.44. The van der Waals surface area contributed by atoms with Crippen LogP contribution >= 0.6 is 27.7 Å². The van der Waals surface area contributed by atoms with Crippen LogP contribution in [0, 0.1) is 0 Å². The van der Waals surface area contributed by atoms with E-state index in [1.807, 2.05) is 11.8 Å². The molecule has 0 N–H and O–H groups in total. The van der Waals surface area contributed by atoms with Crippen LogP contribution in [0.4, 0.5) is 0 Å². The Kier molecular flexibility index (Phi) is 2.65. The normalized spacial score (nSPS) is 21.7. The van der Waals surface area contributed by atoms with Gasteiger partial charge in [-0.15, -0.1) is 10.2 Å². The maximum absolute atomic E-state index is 5.41. The number of nitrogens with zero attached hydrogens (tertiary/aromatic N) is 2. The first-order chi connectivity index (χ1) is 6.21. The van der Waals surface area contributed by atoms with E-state index in [1.54, 1.807) is 0 Å². The van der Waals surface area contributed by atoms with Crippen LogP contribution in [-0.4, -0.2) is 21.7 Å². The molecule has 0 aliphatic carbocycles. The molecule has 1 aromatic rings. The average Bonchev–Trinajstić information content (AvgIpc) is 2.54. The Bertz CT molecular complexity index is 296. The van der Waals surface area contributed by atoms with Gasteiger partial charge in [0.25, 0.3) is 4.80 Å². The summed E-state index contributed by atoms with van der Waals surface area (Å²) in [6.07, 6.45) is 2.26. The largest absolute Gasteiger partial charge is 0.415 e. The van der Waals surface area contributed by atoms with E-state index in [9.17, 15) is 0 Å². The number of hydrogen-bond acceptors (Lipinski definition) is 4. The summed E-state index contributed by atoms with van der Waals surface area (Å²) in [5.41, 5.74) is 0.101. The molecule has 0 radical (unpaired) electrons. The zero-order chi connectivity index (χ0) is 9.31. The standard InChI is InChI=1S/C8H11BrN2OS/c1-8(2-4-13-5-3-8)6-10-11-7(9)12-6/h2-5H2,1H3. The van der Waals surface area contributed by atoms with Crippen LogP contribution < -0.4 is 0 Å². The molecule has 0 amide bonds. The van der Waals surface area contributed by atoms with Crippen molar-refractivity contribution in [2.45, 2.75) is 25.2 Å². The van der Waals surface area contributed by atoms with Gasteiger partial charge in [0.1, 0.15) is 0 Å². The molecule has 2 heterocycles. The summed E-state index contributed by atoms with van der Waals surface area (Å²) in [7, 11) is 0. The second-order valence-electron chi connectivity index (χ2n) is 3.53. The maximum atomic E-state index is 5.41. The van der Waals surface area contributed by atoms with Crippen molar-refractivity contribution in [3.63, 3.8) is 0 Å². The summed E-state index contributed by atoms with van der Waals surface area (Å²) >= 11 is 5.17. The summed E-state index contributed by atoms with van der Waals surface area (Å²) in [5.74, 6) is 3.16. The van der Waals surface area contributed by atoms with Gasteiger partial charge in [0.2, 0.25) is 5.89 Å². The van der Waals surface area contributed by atoms with Crippen LogP contribution in [0.2, 0.25) is 0 Å². The Morgan fingerprint density at radius 1 is 1.38 bits per heavy atom. The zero-order valence-electron chi connectivity index (χ0n) is 7.42. The van der Waals surface area contributed by atoms with Crippen molar-refractivity contribution < 1.29 is 4.42 Å². The third kappa shape index (κ3) is 1.91. The maximum Gasteiger partial charge on any atom is 0.284 e. The molecule has 0 atom stereocenters. The van der Waals surface area contributed by atoms with Crippen molar-refractivity contribution in [3.05, 3.63) is 10.7 Å². The van der Waals surface area contributed by atoms with Crippen molar-refractivity contribution in [1.29, 1.82) is 0 Å². The SMILES string of the molecule is CC1(c2nnc(Br)o2)CCSCC1. The van der Waals surface area contributed by atoms with Gasteiger partial charge in [-0.3, -0.25) is 0 Å². The fourth-order valence-electron chi connectivity index (χ4n) is 1.49. The van der Waals surface area contributed by atoms with Gasteiger partial charge in [0.15, 0.2) is 0 Å². The highest BCUT2D eigenvalue weighted by Gasteiger charge is 2.34. The van der Waals surface area contributed by atoms with Gasteiger partial charge in [-0.2, -0.15) is 11.8 Å². The number of hydrogen-bond donors (Lipinski definition) is 0. The van der Waals surface area contributed by atoms with Crippen LogP contribution in [0.15, 0.2) is 9.22 Å². The zero-order valence-corrected chi connectivity index (χ0v) is 9.82. The number of thioether (sulfide) groups is 1. The van der Waals surface area contributed by atoms with E-state index in [1.165, 1.54) is 11.5 Å². The summed E-state index contributed by atoms with van der Waals surface area (Å²) < 4.78 is 5.41. The van der Waals surface area contributed by atoms with Gasteiger partial charge in [0.05, 0.1) is 0 Å². The molecule has 72 valence electrons. The summed E-state index contributed by atoms with van der Waals surface area (Å²) in [5, 5.41) is 7.87. The Morgan fingerprint density at radius 2 is 2.08 bits per heavy atom. The molecule has 0 spiro atoms. The highest BCUT2D eigenvalue weighted by molar-refractivity contribution is 9.10. The van der Waals surface area contributed by atoms with E-state index in [4.69, 9.17) is 4.42 Å². The molecule has 1 aliphatic rings. The minimum atomic E-state index is 0.101. The summed E-state index contributed by atoms with van der Waals surface area (Å²) in [6, 6.07) is 0. The van der Waals surface area contributed by atoms with E-state index >= 15 is 0 Å². The number of aromatic nitrogens is 2. The Morgan fingerprint density at radius 3 is 2.62 bits per heavy atom. The van der Waals surface area contributed by atoms with Crippen molar-refractivity contribution in [2.24, 2.45) is 0 Å². The van der Waals surface area contributed by atoms with Crippen LogP contribution in [0.25, 0.3) is 0 Å². The van der Waals surface area contributed by atoms with Crippen LogP contribution in [0.3, 0.4) is 0 Å². The van der Waals surface area contributed by atoms with Gasteiger partial charge in [-0.1, -0.05) is 6.92 Å². The van der Waals surface area contributed by atoms with Crippen molar-refractivity contribution in [1.82, 2.24) is 10.2 Å². The van der Waals surface area contributed by atoms with Gasteiger partial charge < -0.3 is 4.42 Å². The van der Waals surface area contributed by atoms with E-state index in [2.05, 4.69) is 33.1 Å². The van der Waals surface area contributed by atoms with Crippen molar-refractivity contribution in [2.75, 3.05) is 11.5 Å². The highest BCUT2D eigenvalue weighted by atomic mass is 79.9. The predicted octanol–water partition coefficient (Wildman–Crippen LogP) is 2.62. The van der Waals surface area contributed by atoms with Crippen LogP contribution in [-0.2, 0) is 5.41 Å². The lowest BCUT2D eigenvalue weighted by atomic mass is 9.84. The molecule has 0 aromatic carbocycles. The number of rotatable bonds is 1.